The minimum Gasteiger partial charge on any atom is -0.492 e. The fourth-order valence-corrected chi connectivity index (χ4v) is 5.28. The molecule has 0 radical (unpaired) electrons. The van der Waals surface area contributed by atoms with E-state index >= 15 is 0 Å². The zero-order valence-electron chi connectivity index (χ0n) is 23.6. The number of methoxy groups -OCH3 is 3. The molecule has 12 nitrogen and oxygen atoms in total. The van der Waals surface area contributed by atoms with E-state index < -0.39 is 42.1 Å². The molecule has 14 heteroatoms. The van der Waals surface area contributed by atoms with E-state index in [4.69, 9.17) is 28.4 Å². The van der Waals surface area contributed by atoms with E-state index in [9.17, 15) is 24.6 Å². The van der Waals surface area contributed by atoms with Gasteiger partial charge in [0.15, 0.2) is 11.5 Å². The van der Waals surface area contributed by atoms with Crippen LogP contribution in [0.1, 0.15) is 48.7 Å². The van der Waals surface area contributed by atoms with E-state index in [-0.39, 0.29) is 29.0 Å². The number of carbonyl (C=O) groups excluding carboxylic acids is 1. The van der Waals surface area contributed by atoms with Crippen LogP contribution in [0.5, 0.6) is 17.2 Å². The van der Waals surface area contributed by atoms with E-state index in [1.54, 1.807) is 20.8 Å². The van der Waals surface area contributed by atoms with Gasteiger partial charge in [0.2, 0.25) is 17.2 Å². The normalized spacial score (nSPS) is 28.3. The van der Waals surface area contributed by atoms with Crippen LogP contribution in [-0.4, -0.2) is 97.0 Å². The molecule has 1 aromatic carbocycles. The molecular weight excluding hydrogens is 541 g/mol. The van der Waals surface area contributed by atoms with Crippen LogP contribution in [0.15, 0.2) is 0 Å². The van der Waals surface area contributed by atoms with Gasteiger partial charge in [-0.2, -0.15) is 5.90 Å². The number of nitrogens with two attached hydrogens (primary N) is 1. The van der Waals surface area contributed by atoms with E-state index in [0.717, 1.165) is 11.8 Å². The van der Waals surface area contributed by atoms with Crippen molar-refractivity contribution in [2.45, 2.75) is 83.1 Å². The van der Waals surface area contributed by atoms with Crippen molar-refractivity contribution in [3.63, 3.8) is 0 Å². The van der Waals surface area contributed by atoms with E-state index in [1.807, 2.05) is 13.8 Å². The highest BCUT2D eigenvalue weighted by molar-refractivity contribution is 8.14. The third-order valence-electron chi connectivity index (χ3n) is 6.35. The van der Waals surface area contributed by atoms with Crippen LogP contribution in [-0.2, 0) is 19.3 Å². The second-order valence-corrected chi connectivity index (χ2v) is 9.71. The molecule has 2 aliphatic rings. The maximum absolute atomic E-state index is 13.3. The van der Waals surface area contributed by atoms with E-state index in [0.29, 0.717) is 29.7 Å². The molecule has 0 aromatic heterocycles. The summed E-state index contributed by atoms with van der Waals surface area (Å²) in [5, 5.41) is 32.7. The molecule has 5 N–H and O–H groups in total. The van der Waals surface area contributed by atoms with Gasteiger partial charge >= 0.3 is 0 Å². The Morgan fingerprint density at radius 3 is 2.13 bits per heavy atom. The minimum absolute atomic E-state index is 0.165. The summed E-state index contributed by atoms with van der Waals surface area (Å²) in [7, 11) is 4.22. The summed E-state index contributed by atoms with van der Waals surface area (Å²) in [6.45, 7) is 9.90. The van der Waals surface area contributed by atoms with Gasteiger partial charge in [-0.1, -0.05) is 25.6 Å². The Kier molecular flexibility index (Phi) is 15.5. The van der Waals surface area contributed by atoms with Crippen LogP contribution >= 0.6 is 11.8 Å². The molecule has 7 atom stereocenters. The van der Waals surface area contributed by atoms with Gasteiger partial charge in [0.1, 0.15) is 18.3 Å². The molecule has 1 aromatic rings. The molecule has 2 saturated heterocycles. The average Bonchev–Trinajstić information content (AvgIpc) is 2.92. The average molecular weight is 584 g/mol. The van der Waals surface area contributed by atoms with Crippen molar-refractivity contribution in [2.75, 3.05) is 34.5 Å². The molecule has 0 aliphatic carbocycles. The van der Waals surface area contributed by atoms with Gasteiger partial charge in [0, 0.05) is 13.7 Å². The van der Waals surface area contributed by atoms with Gasteiger partial charge in [-0.15, -0.1) is 5.04 Å². The Hall–Kier alpha value is -1.75. The Bertz CT molecular complexity index is 910. The monoisotopic (exact) mass is 583 g/mol. The Morgan fingerprint density at radius 1 is 1.03 bits per heavy atom. The second kappa shape index (κ2) is 17.1. The summed E-state index contributed by atoms with van der Waals surface area (Å²) >= 11 is 1.000. The molecule has 2 fully saturated rings. The van der Waals surface area contributed by atoms with Crippen molar-refractivity contribution < 1.29 is 58.1 Å². The molecule has 2 aliphatic heterocycles. The summed E-state index contributed by atoms with van der Waals surface area (Å²) in [4.78, 5) is 13.3. The number of halogens is 1. The lowest BCUT2D eigenvalue weighted by Gasteiger charge is -2.40. The second-order valence-electron chi connectivity index (χ2n) is 8.49. The number of aliphatic hydroxyl groups is 3. The molecule has 0 amide bonds. The van der Waals surface area contributed by atoms with Gasteiger partial charge in [0.25, 0.3) is 0 Å². The summed E-state index contributed by atoms with van der Waals surface area (Å²) < 4.78 is 43.1. The fraction of sp³-hybridized carbons (Fsp3) is 0.720. The predicted octanol–water partition coefficient (Wildman–Crippen LogP) is 1.99. The molecule has 5 unspecified atom stereocenters. The first-order chi connectivity index (χ1) is 18.6. The number of benzene rings is 1. The van der Waals surface area contributed by atoms with Crippen molar-refractivity contribution in [1.82, 2.24) is 0 Å². The first kappa shape index (κ1) is 35.3. The first-order valence-electron chi connectivity index (χ1n) is 12.5. The third-order valence-corrected chi connectivity index (χ3v) is 7.52. The summed E-state index contributed by atoms with van der Waals surface area (Å²) in [5.74, 6) is 4.26. The van der Waals surface area contributed by atoms with Crippen molar-refractivity contribution in [3.8, 4) is 17.2 Å². The largest absolute Gasteiger partial charge is 0.492 e. The molecule has 39 heavy (non-hydrogen) atoms. The standard InChI is InChI=1S/C23H34O10S.C2H6.FH2NO/c1-10-11(2)18(33-23-17(26)20(29-5)16(25)12(3)32-23)21(30-6)19(28-4)15(10)22(27)34-14-9-31-8-7-13(14)24;1-2;1-3-2/h12-14,16-17,20,23-26H,7-9H2,1-6H3;1-2H3;2H2/t12?,13?,14?,16-,17?,20?,23-;;/m0../s1. The van der Waals surface area contributed by atoms with Crippen molar-refractivity contribution in [2.24, 2.45) is 5.90 Å². The fourth-order valence-electron chi connectivity index (χ4n) is 4.18. The molecule has 226 valence electrons. The quantitative estimate of drug-likeness (QED) is 0.344. The molecule has 0 bridgehead atoms. The van der Waals surface area contributed by atoms with Crippen LogP contribution in [0.25, 0.3) is 0 Å². The maximum atomic E-state index is 13.3. The number of hydrogen-bond donors (Lipinski definition) is 4. The molecule has 3 rings (SSSR count). The molecular formula is C25H42FNO11S. The van der Waals surface area contributed by atoms with Crippen molar-refractivity contribution in [3.05, 3.63) is 16.7 Å². The molecule has 0 spiro atoms. The van der Waals surface area contributed by atoms with Crippen LogP contribution < -0.4 is 20.1 Å². The third kappa shape index (κ3) is 8.38. The van der Waals surface area contributed by atoms with Gasteiger partial charge in [-0.25, -0.2) is 0 Å². The number of rotatable bonds is 7. The van der Waals surface area contributed by atoms with Crippen LogP contribution in [0.2, 0.25) is 0 Å². The number of thioether (sulfide) groups is 1. The number of hydrogen-bond acceptors (Lipinski definition) is 13. The number of aliphatic hydroxyl groups excluding tert-OH is 3. The van der Waals surface area contributed by atoms with Gasteiger partial charge < -0.3 is 43.7 Å². The highest BCUT2D eigenvalue weighted by Crippen LogP contribution is 2.47. The number of carbonyl (C=O) groups is 1. The van der Waals surface area contributed by atoms with E-state index in [1.165, 1.54) is 21.3 Å². The summed E-state index contributed by atoms with van der Waals surface area (Å²) in [6, 6.07) is 0. The Balaban J connectivity index is 0.00000142. The van der Waals surface area contributed by atoms with Gasteiger partial charge in [0.05, 0.1) is 43.8 Å². The molecule has 0 saturated carbocycles. The lowest BCUT2D eigenvalue weighted by molar-refractivity contribution is -0.273. The lowest BCUT2D eigenvalue weighted by Crippen LogP contribution is -2.59. The lowest BCUT2D eigenvalue weighted by atomic mass is 9.99. The van der Waals surface area contributed by atoms with E-state index in [2.05, 4.69) is 10.9 Å². The van der Waals surface area contributed by atoms with Crippen LogP contribution in [0.3, 0.4) is 0 Å². The predicted molar refractivity (Wildman–Crippen MR) is 142 cm³/mol. The minimum atomic E-state index is -1.28. The highest BCUT2D eigenvalue weighted by Gasteiger charge is 2.45. The van der Waals surface area contributed by atoms with Gasteiger partial charge in [-0.05, 0) is 42.8 Å². The SMILES string of the molecule is CC.COc1c(O[C@@H]2OC(C)[C@H](O)C(OC)C2O)c(C)c(C)c(C(=O)SC2COCCC2O)c1OC.NOF. The van der Waals surface area contributed by atoms with Crippen LogP contribution in [0, 0.1) is 13.8 Å². The smallest absolute Gasteiger partial charge is 0.229 e. The topological polar surface area (TPSA) is 168 Å². The summed E-state index contributed by atoms with van der Waals surface area (Å²) in [5.41, 5.74) is 1.49. The maximum Gasteiger partial charge on any atom is 0.229 e. The molecule has 2 heterocycles. The number of ether oxygens (including phenoxy) is 6. The van der Waals surface area contributed by atoms with Crippen molar-refractivity contribution >= 4 is 16.9 Å². The first-order valence-corrected chi connectivity index (χ1v) is 13.4. The zero-order valence-corrected chi connectivity index (χ0v) is 24.5. The van der Waals surface area contributed by atoms with Gasteiger partial charge in [-0.3, -0.25) is 4.79 Å². The van der Waals surface area contributed by atoms with Crippen molar-refractivity contribution in [1.29, 1.82) is 0 Å². The zero-order chi connectivity index (χ0) is 29.9. The Labute approximate surface area is 232 Å². The summed E-state index contributed by atoms with van der Waals surface area (Å²) in [6.07, 6.45) is -5.22. The highest BCUT2D eigenvalue weighted by atomic mass is 32.2. The van der Waals surface area contributed by atoms with Crippen LogP contribution in [0.4, 0.5) is 4.53 Å². The Morgan fingerprint density at radius 2 is 1.62 bits per heavy atom.